The second-order valence-electron chi connectivity index (χ2n) is 0.488. The van der Waals surface area contributed by atoms with E-state index in [2.05, 4.69) is 0 Å². The van der Waals surface area contributed by atoms with Gasteiger partial charge in [0.25, 0.3) is 0 Å². The van der Waals surface area contributed by atoms with Crippen molar-refractivity contribution in [1.82, 2.24) is 0 Å². The SMILES string of the molecule is C[CH-][O-].O=[P+](O)O.[Na+].[Na+]. The first kappa shape index (κ1) is 22.4. The minimum Gasteiger partial charge on any atom is -1.03 e. The van der Waals surface area contributed by atoms with Gasteiger partial charge in [0.05, 0.1) is 0 Å². The molecule has 0 saturated carbocycles. The Bertz CT molecular complexity index is 47.8. The average molecular weight is 171 g/mol. The van der Waals surface area contributed by atoms with Crippen LogP contribution in [0.5, 0.6) is 0 Å². The van der Waals surface area contributed by atoms with Crippen LogP contribution in [-0.4, -0.2) is 9.79 Å². The fourth-order valence-electron chi connectivity index (χ4n) is 0. The van der Waals surface area contributed by atoms with Crippen molar-refractivity contribution in [3.05, 3.63) is 6.61 Å². The van der Waals surface area contributed by atoms with Crippen LogP contribution >= 0.6 is 8.25 Å². The van der Waals surface area contributed by atoms with E-state index >= 15 is 0 Å². The molecule has 44 valence electrons. The summed E-state index contributed by atoms with van der Waals surface area (Å²) >= 11 is 0. The molecule has 0 aromatic carbocycles. The van der Waals surface area contributed by atoms with E-state index in [9.17, 15) is 0 Å². The molecule has 0 fully saturated rings. The summed E-state index contributed by atoms with van der Waals surface area (Å²) in [6.07, 6.45) is 0. The smallest absolute Gasteiger partial charge is 1.00 e. The van der Waals surface area contributed by atoms with E-state index in [1.54, 1.807) is 0 Å². The zero-order chi connectivity index (χ0) is 6.28. The fraction of sp³-hybridized carbons (Fsp3) is 0.500. The van der Waals surface area contributed by atoms with E-state index in [0.717, 1.165) is 6.61 Å². The Morgan fingerprint density at radius 3 is 1.44 bits per heavy atom. The second-order valence-corrected chi connectivity index (χ2v) is 0.994. The molecule has 0 aromatic heterocycles. The molecular weight excluding hydrogens is 165 g/mol. The molecule has 0 atom stereocenters. The average Bonchev–Trinajstić information content (AvgIpc) is 1.33. The Morgan fingerprint density at radius 1 is 1.44 bits per heavy atom. The topological polar surface area (TPSA) is 80.6 Å². The molecule has 0 bridgehead atoms. The van der Waals surface area contributed by atoms with Crippen molar-refractivity contribution in [2.45, 2.75) is 6.92 Å². The first-order valence-corrected chi connectivity index (χ1v) is 2.56. The van der Waals surface area contributed by atoms with Gasteiger partial charge in [-0.1, -0.05) is 0 Å². The van der Waals surface area contributed by atoms with Crippen molar-refractivity contribution in [2.24, 2.45) is 0 Å². The van der Waals surface area contributed by atoms with Gasteiger partial charge in [0.2, 0.25) is 0 Å². The molecule has 0 spiro atoms. The molecule has 0 aliphatic carbocycles. The summed E-state index contributed by atoms with van der Waals surface area (Å²) in [6, 6.07) is 0. The molecule has 0 aliphatic heterocycles. The van der Waals surface area contributed by atoms with Crippen LogP contribution in [0, 0.1) is 6.61 Å². The number of hydrogen-bond acceptors (Lipinski definition) is 2. The molecule has 0 aliphatic rings. The van der Waals surface area contributed by atoms with E-state index < -0.39 is 8.25 Å². The number of hydrogen-bond donors (Lipinski definition) is 2. The van der Waals surface area contributed by atoms with E-state index in [1.165, 1.54) is 6.92 Å². The molecule has 0 heterocycles. The maximum absolute atomic E-state index is 8.81. The predicted molar refractivity (Wildman–Crippen MR) is 22.0 cm³/mol. The predicted octanol–water partition coefficient (Wildman–Crippen LogP) is -6.84. The zero-order valence-electron chi connectivity index (χ0n) is 5.74. The van der Waals surface area contributed by atoms with Crippen LogP contribution in [0.1, 0.15) is 6.92 Å². The van der Waals surface area contributed by atoms with Gasteiger partial charge in [0.15, 0.2) is 0 Å². The Kier molecular flexibility index (Phi) is 56.1. The standard InChI is InChI=1S/C2H4O.2Na.HO3P/c1-2-3;;;1-4(2)3/h2H,1H3;;;(H-,1,2,3)/q-2;2*+1;/p+1. The van der Waals surface area contributed by atoms with Crippen molar-refractivity contribution in [3.63, 3.8) is 0 Å². The third kappa shape index (κ3) is 162. The number of rotatable bonds is 0. The van der Waals surface area contributed by atoms with Gasteiger partial charge in [-0.25, -0.2) is 6.92 Å². The summed E-state index contributed by atoms with van der Waals surface area (Å²) in [4.78, 5) is 14.2. The van der Waals surface area contributed by atoms with E-state index in [1.807, 2.05) is 0 Å². The molecule has 0 aromatic rings. The Balaban J connectivity index is -0.0000000233. The molecule has 0 unspecified atom stereocenters. The fourth-order valence-corrected chi connectivity index (χ4v) is 0. The van der Waals surface area contributed by atoms with E-state index in [0.29, 0.717) is 0 Å². The summed E-state index contributed by atoms with van der Waals surface area (Å²) < 4.78 is 8.70. The third-order valence-electron chi connectivity index (χ3n) is 0. The van der Waals surface area contributed by atoms with Gasteiger partial charge >= 0.3 is 67.4 Å². The van der Waals surface area contributed by atoms with Gasteiger partial charge in [-0.05, 0) is 0 Å². The molecule has 9 heavy (non-hydrogen) atoms. The molecule has 0 rings (SSSR count). The quantitative estimate of drug-likeness (QED) is 0.215. The van der Waals surface area contributed by atoms with E-state index in [4.69, 9.17) is 19.5 Å². The second kappa shape index (κ2) is 22.5. The van der Waals surface area contributed by atoms with Crippen LogP contribution in [0.25, 0.3) is 0 Å². The zero-order valence-corrected chi connectivity index (χ0v) is 10.6. The Hall–Kier alpha value is 1.98. The maximum atomic E-state index is 8.81. The van der Waals surface area contributed by atoms with Gasteiger partial charge in [0, 0.05) is 4.57 Å². The first-order chi connectivity index (χ1) is 3.15. The molecule has 0 saturated heterocycles. The van der Waals surface area contributed by atoms with Gasteiger partial charge in [-0.2, -0.15) is 0 Å². The Labute approximate surface area is 99.2 Å². The molecule has 0 radical (unpaired) electrons. The van der Waals surface area contributed by atoms with Crippen LogP contribution in [0.4, 0.5) is 0 Å². The first-order valence-electron chi connectivity index (χ1n) is 1.40. The van der Waals surface area contributed by atoms with Crippen LogP contribution in [0.3, 0.4) is 0 Å². The summed E-state index contributed by atoms with van der Waals surface area (Å²) in [7, 11) is -2.87. The minimum atomic E-state index is -2.87. The monoisotopic (exact) mass is 171 g/mol. The van der Waals surface area contributed by atoms with Crippen molar-refractivity contribution in [2.75, 3.05) is 0 Å². The third-order valence-corrected chi connectivity index (χ3v) is 0. The van der Waals surface area contributed by atoms with E-state index in [-0.39, 0.29) is 59.1 Å². The van der Waals surface area contributed by atoms with Crippen LogP contribution in [0.15, 0.2) is 0 Å². The van der Waals surface area contributed by atoms with Gasteiger partial charge < -0.3 is 11.7 Å². The van der Waals surface area contributed by atoms with Gasteiger partial charge in [-0.3, -0.25) is 0 Å². The summed E-state index contributed by atoms with van der Waals surface area (Å²) in [6.45, 7) is 2.19. The summed E-state index contributed by atoms with van der Waals surface area (Å²) in [5.41, 5.74) is 0. The molecule has 0 amide bonds. The van der Waals surface area contributed by atoms with Gasteiger partial charge in [0.1, 0.15) is 0 Å². The van der Waals surface area contributed by atoms with Crippen molar-refractivity contribution in [3.8, 4) is 0 Å². The van der Waals surface area contributed by atoms with Crippen molar-refractivity contribution in [1.29, 1.82) is 0 Å². The molecule has 4 nitrogen and oxygen atoms in total. The minimum absolute atomic E-state index is 0. The largest absolute Gasteiger partial charge is 1.03 e. The van der Waals surface area contributed by atoms with Crippen LogP contribution < -0.4 is 64.2 Å². The summed E-state index contributed by atoms with van der Waals surface area (Å²) in [5.74, 6) is 0. The van der Waals surface area contributed by atoms with Crippen LogP contribution in [-0.2, 0) is 4.57 Å². The van der Waals surface area contributed by atoms with Crippen LogP contribution in [0.2, 0.25) is 0 Å². The molecular formula is C2H6Na2O4P+. The Morgan fingerprint density at radius 2 is 1.44 bits per heavy atom. The maximum Gasteiger partial charge on any atom is 1.00 e. The normalized spacial score (nSPS) is 4.89. The molecule has 2 N–H and O–H groups in total. The van der Waals surface area contributed by atoms with Crippen molar-refractivity contribution < 1.29 is 78.6 Å². The van der Waals surface area contributed by atoms with Crippen molar-refractivity contribution >= 4 is 8.25 Å². The van der Waals surface area contributed by atoms with Gasteiger partial charge in [-0.15, -0.1) is 9.79 Å². The molecule has 7 heteroatoms. The summed E-state index contributed by atoms with van der Waals surface area (Å²) in [5, 5.41) is 8.81.